The van der Waals surface area contributed by atoms with Crippen molar-refractivity contribution in [3.8, 4) is 0 Å². The van der Waals surface area contributed by atoms with Crippen LogP contribution in [0.15, 0.2) is 0 Å². The second kappa shape index (κ2) is 22.4. The smallest absolute Gasteiger partial charge is 0.0518 e. The van der Waals surface area contributed by atoms with Gasteiger partial charge in [0.05, 0.1) is 6.17 Å². The average Bonchev–Trinajstić information content (AvgIpc) is 1.38. The van der Waals surface area contributed by atoms with Crippen molar-refractivity contribution in [2.75, 3.05) is 0 Å². The number of hydrogen-bond acceptors (Lipinski definition) is 2. The first kappa shape index (κ1) is 29.7. The van der Waals surface area contributed by atoms with Crippen molar-refractivity contribution >= 4 is 95.9 Å². The largest absolute Gasteiger partial charge is 0.316 e. The van der Waals surface area contributed by atoms with E-state index in [1.54, 1.807) is 0 Å². The number of nitrogens with two attached hydrogens (primary N) is 2. The van der Waals surface area contributed by atoms with Gasteiger partial charge in [-0.25, -0.2) is 0 Å². The lowest BCUT2D eigenvalue weighted by Crippen LogP contribution is -2.28. The quantitative estimate of drug-likeness (QED) is 0.366. The second-order valence-electron chi connectivity index (χ2n) is 1.07. The summed E-state index contributed by atoms with van der Waals surface area (Å²) in [4.78, 5) is 0. The van der Waals surface area contributed by atoms with Crippen LogP contribution in [0.25, 0.3) is 0 Å². The third-order valence-electron chi connectivity index (χ3n) is 0.471. The molecule has 4 N–H and O–H groups in total. The zero-order valence-corrected chi connectivity index (χ0v) is 14.4. The molecule has 0 aliphatic carbocycles. The van der Waals surface area contributed by atoms with E-state index in [-0.39, 0.29) is 102 Å². The fourth-order valence-corrected chi connectivity index (χ4v) is 0. The van der Waals surface area contributed by atoms with Crippen LogP contribution in [0.2, 0.25) is 0 Å². The fourth-order valence-electron chi connectivity index (χ4n) is 0. The van der Waals surface area contributed by atoms with E-state index in [1.807, 2.05) is 6.92 Å². The molecule has 0 radical (unpaired) electrons. The molecule has 0 heterocycles. The highest BCUT2D eigenvalue weighted by molar-refractivity contribution is 14.0. The predicted octanol–water partition coefficient (Wildman–Crippen LogP) is 2.11. The molecule has 0 saturated heterocycles. The fraction of sp³-hybridized carbons (Fsp3) is 1.00. The van der Waals surface area contributed by atoms with Crippen molar-refractivity contribution in [3.63, 3.8) is 0 Å². The van der Waals surface area contributed by atoms with Gasteiger partial charge in [0, 0.05) is 0 Å². The normalized spacial score (nSPS) is 5.33. The van der Waals surface area contributed by atoms with E-state index in [4.69, 9.17) is 11.5 Å². The van der Waals surface area contributed by atoms with Gasteiger partial charge in [-0.1, -0.05) is 6.92 Å². The minimum atomic E-state index is -0.116. The molecule has 0 aromatic carbocycles. The predicted molar refractivity (Wildman–Crippen MR) is 84.1 cm³/mol. The molecule has 6 heteroatoms. The summed E-state index contributed by atoms with van der Waals surface area (Å²) >= 11 is 0. The minimum Gasteiger partial charge on any atom is -0.316 e. The highest BCUT2D eigenvalue weighted by atomic mass is 127. The molecule has 0 aromatic rings. The van der Waals surface area contributed by atoms with Crippen LogP contribution in [-0.4, -0.2) is 6.17 Å². The van der Waals surface area contributed by atoms with Gasteiger partial charge in [0.1, 0.15) is 0 Å². The Morgan fingerprint density at radius 1 is 1.00 bits per heavy atom. The summed E-state index contributed by atoms with van der Waals surface area (Å²) in [5, 5.41) is 0. The van der Waals surface area contributed by atoms with Gasteiger partial charge >= 0.3 is 0 Å². The van der Waals surface area contributed by atoms with Gasteiger partial charge in [-0.2, -0.15) is 0 Å². The number of halogens is 4. The van der Waals surface area contributed by atoms with Crippen LogP contribution in [0.3, 0.4) is 0 Å². The zero-order valence-electron chi connectivity index (χ0n) is 5.07. The van der Waals surface area contributed by atoms with E-state index in [2.05, 4.69) is 0 Å². The summed E-state index contributed by atoms with van der Waals surface area (Å²) in [5.74, 6) is 0. The second-order valence-corrected chi connectivity index (χ2v) is 1.07. The molecule has 9 heavy (non-hydrogen) atoms. The van der Waals surface area contributed by atoms with Gasteiger partial charge in [0.2, 0.25) is 0 Å². The lowest BCUT2D eigenvalue weighted by Gasteiger charge is -1.92. The van der Waals surface area contributed by atoms with E-state index in [1.165, 1.54) is 0 Å². The summed E-state index contributed by atoms with van der Waals surface area (Å²) in [6, 6.07) is 0. The standard InChI is InChI=1S/C3H10N2.4HI/c1-2-3(4)5;;;;/h3H,2,4-5H2,1H3;4*1H. The van der Waals surface area contributed by atoms with Crippen molar-refractivity contribution in [2.24, 2.45) is 11.5 Å². The zero-order chi connectivity index (χ0) is 4.28. The van der Waals surface area contributed by atoms with Crippen LogP contribution in [-0.2, 0) is 0 Å². The number of rotatable bonds is 1. The Balaban J connectivity index is -0.0000000133. The Morgan fingerprint density at radius 3 is 1.11 bits per heavy atom. The Labute approximate surface area is 125 Å². The van der Waals surface area contributed by atoms with E-state index in [0.717, 1.165) is 6.42 Å². The first-order valence-electron chi connectivity index (χ1n) is 1.78. The van der Waals surface area contributed by atoms with Crippen molar-refractivity contribution in [2.45, 2.75) is 19.5 Å². The molecule has 0 saturated carbocycles. The first-order chi connectivity index (χ1) is 2.27. The molecule has 2 nitrogen and oxygen atoms in total. The minimum absolute atomic E-state index is 0. The maximum atomic E-state index is 5.07. The molecule has 0 unspecified atom stereocenters. The van der Waals surface area contributed by atoms with Crippen molar-refractivity contribution in [1.82, 2.24) is 0 Å². The van der Waals surface area contributed by atoms with Crippen LogP contribution in [0.5, 0.6) is 0 Å². The summed E-state index contributed by atoms with van der Waals surface area (Å²) in [5.41, 5.74) is 10.1. The Kier molecular flexibility index (Phi) is 74.1. The Hall–Kier alpha value is 2.84. The van der Waals surface area contributed by atoms with Gasteiger partial charge < -0.3 is 11.5 Å². The van der Waals surface area contributed by atoms with E-state index < -0.39 is 0 Å². The van der Waals surface area contributed by atoms with E-state index >= 15 is 0 Å². The third kappa shape index (κ3) is 36.2. The molecule has 0 amide bonds. The molecule has 0 bridgehead atoms. The molecule has 0 fully saturated rings. The average molecular weight is 586 g/mol. The van der Waals surface area contributed by atoms with Gasteiger partial charge in [-0.15, -0.1) is 95.9 Å². The summed E-state index contributed by atoms with van der Waals surface area (Å²) < 4.78 is 0. The van der Waals surface area contributed by atoms with Crippen LogP contribution >= 0.6 is 95.9 Å². The molecule has 0 aromatic heterocycles. The monoisotopic (exact) mass is 586 g/mol. The molecule has 0 rings (SSSR count). The van der Waals surface area contributed by atoms with E-state index in [9.17, 15) is 0 Å². The molecular weight excluding hydrogens is 572 g/mol. The van der Waals surface area contributed by atoms with Gasteiger partial charge in [-0.3, -0.25) is 0 Å². The topological polar surface area (TPSA) is 52.0 Å². The molecular formula is C3H14I4N2. The molecule has 0 aliphatic heterocycles. The highest BCUT2D eigenvalue weighted by Gasteiger charge is 1.79. The summed E-state index contributed by atoms with van der Waals surface area (Å²) in [6.45, 7) is 1.95. The van der Waals surface area contributed by atoms with Crippen LogP contribution in [0, 0.1) is 0 Å². The third-order valence-corrected chi connectivity index (χ3v) is 0.471. The SMILES string of the molecule is CCC(N)N.I.I.I.I. The maximum absolute atomic E-state index is 5.07. The van der Waals surface area contributed by atoms with Crippen LogP contribution in [0.4, 0.5) is 0 Å². The van der Waals surface area contributed by atoms with E-state index in [0.29, 0.717) is 0 Å². The molecule has 0 aliphatic rings. The maximum Gasteiger partial charge on any atom is 0.0518 e. The summed E-state index contributed by atoms with van der Waals surface area (Å²) in [6.07, 6.45) is 0.745. The first-order valence-corrected chi connectivity index (χ1v) is 1.78. The van der Waals surface area contributed by atoms with Gasteiger partial charge in [0.25, 0.3) is 0 Å². The van der Waals surface area contributed by atoms with Gasteiger partial charge in [0.15, 0.2) is 0 Å². The van der Waals surface area contributed by atoms with Crippen molar-refractivity contribution < 1.29 is 0 Å². The summed E-state index contributed by atoms with van der Waals surface area (Å²) in [7, 11) is 0. The molecule has 64 valence electrons. The lowest BCUT2D eigenvalue weighted by molar-refractivity contribution is 0.682. The molecule has 0 atom stereocenters. The van der Waals surface area contributed by atoms with Crippen molar-refractivity contribution in [3.05, 3.63) is 0 Å². The Morgan fingerprint density at radius 2 is 1.11 bits per heavy atom. The Bertz CT molecular complexity index is 27.8. The van der Waals surface area contributed by atoms with Crippen LogP contribution < -0.4 is 11.5 Å². The van der Waals surface area contributed by atoms with Crippen molar-refractivity contribution in [1.29, 1.82) is 0 Å². The lowest BCUT2D eigenvalue weighted by atomic mass is 10.4. The molecule has 0 spiro atoms. The van der Waals surface area contributed by atoms with Crippen LogP contribution in [0.1, 0.15) is 13.3 Å². The number of hydrogen-bond donors (Lipinski definition) is 2. The van der Waals surface area contributed by atoms with Gasteiger partial charge in [-0.05, 0) is 6.42 Å². The highest BCUT2D eigenvalue weighted by Crippen LogP contribution is 1.68.